The van der Waals surface area contributed by atoms with Crippen LogP contribution in [0.4, 0.5) is 8.78 Å². The van der Waals surface area contributed by atoms with Gasteiger partial charge in [-0.15, -0.1) is 0 Å². The van der Waals surface area contributed by atoms with Gasteiger partial charge in [-0.3, -0.25) is 9.59 Å². The highest BCUT2D eigenvalue weighted by Gasteiger charge is 2.30. The van der Waals surface area contributed by atoms with Crippen LogP contribution < -0.4 is 5.32 Å². The summed E-state index contributed by atoms with van der Waals surface area (Å²) < 4.78 is 26.8. The molecule has 0 aromatic heterocycles. The summed E-state index contributed by atoms with van der Waals surface area (Å²) in [5.74, 6) is -1.29. The van der Waals surface area contributed by atoms with Crippen LogP contribution in [-0.4, -0.2) is 28.8 Å². The van der Waals surface area contributed by atoms with Crippen LogP contribution in [0.1, 0.15) is 30.5 Å². The minimum atomic E-state index is -0.771. The lowest BCUT2D eigenvalue weighted by molar-refractivity contribution is -0.141. The minimum Gasteiger partial charge on any atom is -0.352 e. The number of halogens is 2. The van der Waals surface area contributed by atoms with Crippen LogP contribution in [0.2, 0.25) is 0 Å². The number of nitrogens with zero attached hydrogens (tertiary/aromatic N) is 1. The quantitative estimate of drug-likeness (QED) is 0.515. The molecule has 0 heterocycles. The zero-order chi connectivity index (χ0) is 23.8. The molecule has 172 valence electrons. The van der Waals surface area contributed by atoms with Crippen molar-refractivity contribution in [1.29, 1.82) is 0 Å². The number of hydrogen-bond donors (Lipinski definition) is 1. The van der Waals surface area contributed by atoms with Gasteiger partial charge in [0.25, 0.3) is 0 Å². The Morgan fingerprint density at radius 2 is 1.33 bits per heavy atom. The molecule has 1 N–H and O–H groups in total. The largest absolute Gasteiger partial charge is 0.352 e. The van der Waals surface area contributed by atoms with E-state index in [0.29, 0.717) is 17.5 Å². The van der Waals surface area contributed by atoms with Crippen LogP contribution >= 0.6 is 0 Å². The van der Waals surface area contributed by atoms with E-state index in [-0.39, 0.29) is 42.5 Å². The molecule has 0 bridgehead atoms. The van der Waals surface area contributed by atoms with E-state index < -0.39 is 6.04 Å². The maximum absolute atomic E-state index is 13.5. The molecule has 0 spiro atoms. The van der Waals surface area contributed by atoms with Crippen LogP contribution in [0.25, 0.3) is 0 Å². The maximum atomic E-state index is 13.5. The zero-order valence-corrected chi connectivity index (χ0v) is 18.8. The first-order chi connectivity index (χ1) is 15.8. The predicted molar refractivity (Wildman–Crippen MR) is 124 cm³/mol. The lowest BCUT2D eigenvalue weighted by atomic mass is 10.0. The third-order valence-corrected chi connectivity index (χ3v) is 5.24. The molecule has 33 heavy (non-hydrogen) atoms. The number of benzene rings is 3. The van der Waals surface area contributed by atoms with Crippen LogP contribution in [0.5, 0.6) is 0 Å². The van der Waals surface area contributed by atoms with Gasteiger partial charge in [-0.25, -0.2) is 8.78 Å². The number of hydrogen-bond acceptors (Lipinski definition) is 2. The fraction of sp³-hybridized carbons (Fsp3) is 0.259. The maximum Gasteiger partial charge on any atom is 0.243 e. The average Bonchev–Trinajstić information content (AvgIpc) is 2.79. The third-order valence-electron chi connectivity index (χ3n) is 5.24. The predicted octanol–water partition coefficient (Wildman–Crippen LogP) is 4.67. The van der Waals surface area contributed by atoms with Crippen molar-refractivity contribution in [2.75, 3.05) is 0 Å². The van der Waals surface area contributed by atoms with Crippen LogP contribution in [0.15, 0.2) is 78.9 Å². The zero-order valence-electron chi connectivity index (χ0n) is 18.8. The third kappa shape index (κ3) is 7.24. The van der Waals surface area contributed by atoms with Crippen LogP contribution in [-0.2, 0) is 29.0 Å². The molecule has 0 fully saturated rings. The Morgan fingerprint density at radius 3 is 1.88 bits per heavy atom. The van der Waals surface area contributed by atoms with Crippen molar-refractivity contribution in [3.63, 3.8) is 0 Å². The molecule has 0 saturated carbocycles. The summed E-state index contributed by atoms with van der Waals surface area (Å²) in [6.45, 7) is 3.87. The summed E-state index contributed by atoms with van der Waals surface area (Å²) in [5.41, 5.74) is 2.27. The van der Waals surface area contributed by atoms with Gasteiger partial charge < -0.3 is 10.2 Å². The number of amides is 2. The second kappa shape index (κ2) is 11.4. The Morgan fingerprint density at radius 1 is 0.788 bits per heavy atom. The second-order valence-corrected chi connectivity index (χ2v) is 8.32. The molecular formula is C27H28F2N2O2. The molecule has 0 aliphatic heterocycles. The molecule has 4 nitrogen and oxygen atoms in total. The SMILES string of the molecule is CC(C)NC(=O)[C@@H](Cc1ccccc1)N(Cc1ccc(F)cc1)C(=O)Cc1ccc(F)cc1. The van der Waals surface area contributed by atoms with E-state index in [1.165, 1.54) is 29.2 Å². The van der Waals surface area contributed by atoms with Gasteiger partial charge in [0.05, 0.1) is 6.42 Å². The lowest BCUT2D eigenvalue weighted by Gasteiger charge is -2.32. The average molecular weight is 451 g/mol. The Balaban J connectivity index is 1.95. The Hall–Kier alpha value is -3.54. The van der Waals surface area contributed by atoms with Gasteiger partial charge in [-0.1, -0.05) is 54.6 Å². The second-order valence-electron chi connectivity index (χ2n) is 8.32. The number of carbonyl (C=O) groups excluding carboxylic acids is 2. The fourth-order valence-corrected chi connectivity index (χ4v) is 3.60. The number of carbonyl (C=O) groups is 2. The Bertz CT molecular complexity index is 1050. The van der Waals surface area contributed by atoms with E-state index in [2.05, 4.69) is 5.32 Å². The van der Waals surface area contributed by atoms with Crippen molar-refractivity contribution in [2.45, 2.75) is 45.3 Å². The first-order valence-corrected chi connectivity index (χ1v) is 10.9. The van der Waals surface area contributed by atoms with Gasteiger partial charge in [0.2, 0.25) is 11.8 Å². The molecule has 0 aliphatic rings. The summed E-state index contributed by atoms with van der Waals surface area (Å²) in [5, 5.41) is 2.92. The summed E-state index contributed by atoms with van der Waals surface area (Å²) in [7, 11) is 0. The molecule has 3 rings (SSSR count). The smallest absolute Gasteiger partial charge is 0.243 e. The van der Waals surface area contributed by atoms with Crippen molar-refractivity contribution in [2.24, 2.45) is 0 Å². The van der Waals surface area contributed by atoms with Crippen LogP contribution in [0.3, 0.4) is 0 Å². The molecular weight excluding hydrogens is 422 g/mol. The van der Waals surface area contributed by atoms with Crippen molar-refractivity contribution in [1.82, 2.24) is 10.2 Å². The summed E-state index contributed by atoms with van der Waals surface area (Å²) in [6, 6.07) is 20.2. The Kier molecular flexibility index (Phi) is 8.30. The number of nitrogens with one attached hydrogen (secondary N) is 1. The Labute approximate surface area is 193 Å². The molecule has 1 atom stereocenters. The minimum absolute atomic E-state index is 0.0156. The van der Waals surface area contributed by atoms with Crippen molar-refractivity contribution >= 4 is 11.8 Å². The van der Waals surface area contributed by atoms with Gasteiger partial charge in [-0.05, 0) is 54.8 Å². The van der Waals surface area contributed by atoms with E-state index in [1.54, 1.807) is 24.3 Å². The topological polar surface area (TPSA) is 49.4 Å². The van der Waals surface area contributed by atoms with Crippen molar-refractivity contribution in [3.8, 4) is 0 Å². The first-order valence-electron chi connectivity index (χ1n) is 10.9. The molecule has 3 aromatic rings. The lowest BCUT2D eigenvalue weighted by Crippen LogP contribution is -2.52. The molecule has 3 aromatic carbocycles. The summed E-state index contributed by atoms with van der Waals surface area (Å²) >= 11 is 0. The normalized spacial score (nSPS) is 11.8. The van der Waals surface area contributed by atoms with E-state index in [9.17, 15) is 18.4 Å². The van der Waals surface area contributed by atoms with Gasteiger partial charge in [-0.2, -0.15) is 0 Å². The highest BCUT2D eigenvalue weighted by molar-refractivity contribution is 5.89. The van der Waals surface area contributed by atoms with Gasteiger partial charge in [0, 0.05) is 19.0 Å². The summed E-state index contributed by atoms with van der Waals surface area (Å²) in [6.07, 6.45) is 0.345. The van der Waals surface area contributed by atoms with Crippen molar-refractivity contribution < 1.29 is 18.4 Å². The highest BCUT2D eigenvalue weighted by Crippen LogP contribution is 2.17. The van der Waals surface area contributed by atoms with Gasteiger partial charge in [0.15, 0.2) is 0 Å². The standard InChI is InChI=1S/C27H28F2N2O2/c1-19(2)30-27(33)25(16-20-6-4-3-5-7-20)31(18-22-10-14-24(29)15-11-22)26(32)17-21-8-12-23(28)13-9-21/h3-15,19,25H,16-18H2,1-2H3,(H,30,33)/t25-/m1/s1. The summed E-state index contributed by atoms with van der Waals surface area (Å²) in [4.78, 5) is 28.2. The molecule has 0 saturated heterocycles. The van der Waals surface area contributed by atoms with Crippen LogP contribution in [0, 0.1) is 11.6 Å². The molecule has 2 amide bonds. The number of rotatable bonds is 9. The van der Waals surface area contributed by atoms with E-state index in [1.807, 2.05) is 44.2 Å². The first kappa shape index (κ1) is 24.1. The van der Waals surface area contributed by atoms with E-state index >= 15 is 0 Å². The van der Waals surface area contributed by atoms with E-state index in [4.69, 9.17) is 0 Å². The highest BCUT2D eigenvalue weighted by atomic mass is 19.1. The van der Waals surface area contributed by atoms with Gasteiger partial charge in [0.1, 0.15) is 17.7 Å². The van der Waals surface area contributed by atoms with Gasteiger partial charge >= 0.3 is 0 Å². The molecule has 6 heteroatoms. The molecule has 0 unspecified atom stereocenters. The molecule has 0 radical (unpaired) electrons. The molecule has 0 aliphatic carbocycles. The monoisotopic (exact) mass is 450 g/mol. The fourth-order valence-electron chi connectivity index (χ4n) is 3.60. The van der Waals surface area contributed by atoms with E-state index in [0.717, 1.165) is 5.56 Å². The van der Waals surface area contributed by atoms with Crippen molar-refractivity contribution in [3.05, 3.63) is 107 Å².